The summed E-state index contributed by atoms with van der Waals surface area (Å²) in [4.78, 5) is 14.5. The van der Waals surface area contributed by atoms with Gasteiger partial charge in [-0.3, -0.25) is 4.79 Å². The van der Waals surface area contributed by atoms with E-state index in [9.17, 15) is 4.79 Å². The Kier molecular flexibility index (Phi) is 2.74. The Bertz CT molecular complexity index is 434. The van der Waals surface area contributed by atoms with Gasteiger partial charge < -0.3 is 4.90 Å². The maximum atomic E-state index is 12.5. The largest absolute Gasteiger partial charge is 0.312 e. The highest BCUT2D eigenvalue weighted by molar-refractivity contribution is 9.10. The van der Waals surface area contributed by atoms with Crippen LogP contribution in [0.5, 0.6) is 0 Å². The molecule has 0 aromatic heterocycles. The van der Waals surface area contributed by atoms with Crippen LogP contribution in [0.4, 0.5) is 5.69 Å². The second-order valence-corrected chi connectivity index (χ2v) is 6.09. The minimum absolute atomic E-state index is 0.00687. The van der Waals surface area contributed by atoms with E-state index < -0.39 is 0 Å². The van der Waals surface area contributed by atoms with E-state index in [-0.39, 0.29) is 5.41 Å². The van der Waals surface area contributed by atoms with Crippen molar-refractivity contribution in [3.05, 3.63) is 28.7 Å². The molecule has 2 fully saturated rings. The summed E-state index contributed by atoms with van der Waals surface area (Å²) in [5.74, 6) is 0.359. The molecule has 1 aliphatic carbocycles. The lowest BCUT2D eigenvalue weighted by Crippen LogP contribution is -2.32. The fourth-order valence-electron chi connectivity index (χ4n) is 3.20. The third-order valence-corrected chi connectivity index (χ3v) is 4.74. The first-order valence-electron chi connectivity index (χ1n) is 6.29. The fraction of sp³-hybridized carbons (Fsp3) is 0.500. The van der Waals surface area contributed by atoms with Gasteiger partial charge in [-0.05, 0) is 43.5 Å². The first-order valence-corrected chi connectivity index (χ1v) is 7.08. The molecule has 0 radical (unpaired) electrons. The van der Waals surface area contributed by atoms with Gasteiger partial charge in [0.05, 0.1) is 5.41 Å². The van der Waals surface area contributed by atoms with Gasteiger partial charge in [-0.25, -0.2) is 0 Å². The summed E-state index contributed by atoms with van der Waals surface area (Å²) in [6.45, 7) is 0.889. The highest BCUT2D eigenvalue weighted by Crippen LogP contribution is 2.47. The van der Waals surface area contributed by atoms with E-state index in [1.54, 1.807) is 0 Å². The van der Waals surface area contributed by atoms with Crippen LogP contribution in [0.3, 0.4) is 0 Å². The molecule has 1 aromatic rings. The van der Waals surface area contributed by atoms with Crippen molar-refractivity contribution in [2.75, 3.05) is 11.4 Å². The van der Waals surface area contributed by atoms with E-state index in [1.165, 1.54) is 12.8 Å². The summed E-state index contributed by atoms with van der Waals surface area (Å²) in [6.07, 6.45) is 5.68. The van der Waals surface area contributed by atoms with Gasteiger partial charge in [0.2, 0.25) is 5.91 Å². The van der Waals surface area contributed by atoms with Gasteiger partial charge >= 0.3 is 0 Å². The molecular formula is C14H16BrNO. The molecule has 3 rings (SSSR count). The van der Waals surface area contributed by atoms with E-state index >= 15 is 0 Å². The minimum Gasteiger partial charge on any atom is -0.312 e. The van der Waals surface area contributed by atoms with Crippen LogP contribution in [0.25, 0.3) is 0 Å². The van der Waals surface area contributed by atoms with Gasteiger partial charge in [-0.15, -0.1) is 0 Å². The smallest absolute Gasteiger partial charge is 0.233 e. The standard InChI is InChI=1S/C14H16BrNO/c15-11-3-5-12(6-4-11)16-10-9-14(13(16)17)7-1-2-8-14/h3-6H,1-2,7-10H2. The van der Waals surface area contributed by atoms with Crippen LogP contribution in [0, 0.1) is 5.41 Å². The maximum absolute atomic E-state index is 12.5. The normalized spacial score (nSPS) is 22.6. The van der Waals surface area contributed by atoms with Gasteiger partial charge in [-0.2, -0.15) is 0 Å². The van der Waals surface area contributed by atoms with Crippen LogP contribution in [0.1, 0.15) is 32.1 Å². The zero-order valence-electron chi connectivity index (χ0n) is 9.79. The van der Waals surface area contributed by atoms with Crippen molar-refractivity contribution >= 4 is 27.5 Å². The van der Waals surface area contributed by atoms with Crippen LogP contribution in [-0.2, 0) is 4.79 Å². The molecule has 17 heavy (non-hydrogen) atoms. The molecule has 1 aliphatic heterocycles. The monoisotopic (exact) mass is 293 g/mol. The third-order valence-electron chi connectivity index (χ3n) is 4.21. The molecule has 2 aliphatic rings. The van der Waals surface area contributed by atoms with Gasteiger partial charge in [-0.1, -0.05) is 28.8 Å². The van der Waals surface area contributed by atoms with Crippen molar-refractivity contribution < 1.29 is 4.79 Å². The number of halogens is 1. The highest BCUT2D eigenvalue weighted by atomic mass is 79.9. The maximum Gasteiger partial charge on any atom is 0.233 e. The van der Waals surface area contributed by atoms with Crippen LogP contribution in [0.15, 0.2) is 28.7 Å². The molecule has 1 aromatic carbocycles. The van der Waals surface area contributed by atoms with E-state index in [1.807, 2.05) is 29.2 Å². The molecule has 1 saturated heterocycles. The lowest BCUT2D eigenvalue weighted by molar-refractivity contribution is -0.125. The Morgan fingerprint density at radius 2 is 1.71 bits per heavy atom. The minimum atomic E-state index is -0.00687. The first-order chi connectivity index (χ1) is 8.21. The molecule has 2 nitrogen and oxygen atoms in total. The summed E-state index contributed by atoms with van der Waals surface area (Å²) in [6, 6.07) is 8.05. The molecule has 0 bridgehead atoms. The topological polar surface area (TPSA) is 20.3 Å². The van der Waals surface area contributed by atoms with E-state index in [4.69, 9.17) is 0 Å². The number of hydrogen-bond donors (Lipinski definition) is 0. The zero-order chi connectivity index (χ0) is 11.9. The second-order valence-electron chi connectivity index (χ2n) is 5.17. The van der Waals surface area contributed by atoms with Crippen LogP contribution in [-0.4, -0.2) is 12.5 Å². The number of amides is 1. The molecule has 90 valence electrons. The molecule has 3 heteroatoms. The summed E-state index contributed by atoms with van der Waals surface area (Å²) in [5.41, 5.74) is 1.04. The number of carbonyl (C=O) groups is 1. The third kappa shape index (κ3) is 1.81. The van der Waals surface area contributed by atoms with E-state index in [2.05, 4.69) is 15.9 Å². The molecule has 0 atom stereocenters. The van der Waals surface area contributed by atoms with Crippen LogP contribution in [0.2, 0.25) is 0 Å². The summed E-state index contributed by atoms with van der Waals surface area (Å²) < 4.78 is 1.06. The number of hydrogen-bond acceptors (Lipinski definition) is 1. The predicted molar refractivity (Wildman–Crippen MR) is 72.0 cm³/mol. The summed E-state index contributed by atoms with van der Waals surface area (Å²) in [5, 5.41) is 0. The van der Waals surface area contributed by atoms with Gasteiger partial charge in [0.25, 0.3) is 0 Å². The Morgan fingerprint density at radius 3 is 2.35 bits per heavy atom. The van der Waals surface area contributed by atoms with Crippen LogP contribution < -0.4 is 4.90 Å². The number of carbonyl (C=O) groups excluding carboxylic acids is 1. The Hall–Kier alpha value is -0.830. The van der Waals surface area contributed by atoms with Gasteiger partial charge in [0, 0.05) is 16.7 Å². The Balaban J connectivity index is 1.86. The summed E-state index contributed by atoms with van der Waals surface area (Å²) >= 11 is 3.43. The molecule has 1 amide bonds. The molecular weight excluding hydrogens is 278 g/mol. The lowest BCUT2D eigenvalue weighted by Gasteiger charge is -2.22. The van der Waals surface area contributed by atoms with Gasteiger partial charge in [0.1, 0.15) is 0 Å². The van der Waals surface area contributed by atoms with Crippen LogP contribution >= 0.6 is 15.9 Å². The molecule has 0 unspecified atom stereocenters. The summed E-state index contributed by atoms with van der Waals surface area (Å²) in [7, 11) is 0. The molecule has 1 spiro atoms. The van der Waals surface area contributed by atoms with Crippen molar-refractivity contribution in [1.29, 1.82) is 0 Å². The van der Waals surface area contributed by atoms with Crippen molar-refractivity contribution in [3.8, 4) is 0 Å². The first kappa shape index (κ1) is 11.3. The van der Waals surface area contributed by atoms with Crippen molar-refractivity contribution in [2.45, 2.75) is 32.1 Å². The van der Waals surface area contributed by atoms with Crippen molar-refractivity contribution in [1.82, 2.24) is 0 Å². The Labute approximate surface area is 110 Å². The van der Waals surface area contributed by atoms with Gasteiger partial charge in [0.15, 0.2) is 0 Å². The fourth-order valence-corrected chi connectivity index (χ4v) is 3.47. The van der Waals surface area contributed by atoms with E-state index in [0.29, 0.717) is 5.91 Å². The van der Waals surface area contributed by atoms with Crippen molar-refractivity contribution in [2.24, 2.45) is 5.41 Å². The number of anilines is 1. The second kappa shape index (κ2) is 4.13. The Morgan fingerprint density at radius 1 is 1.06 bits per heavy atom. The number of nitrogens with zero attached hydrogens (tertiary/aromatic N) is 1. The molecule has 0 N–H and O–H groups in total. The molecule has 1 heterocycles. The van der Waals surface area contributed by atoms with E-state index in [0.717, 1.165) is 36.0 Å². The SMILES string of the molecule is O=C1N(c2ccc(Br)cc2)CCC12CCCC2. The number of rotatable bonds is 1. The molecule has 1 saturated carbocycles. The zero-order valence-corrected chi connectivity index (χ0v) is 11.4. The number of benzene rings is 1. The predicted octanol–water partition coefficient (Wildman–Crippen LogP) is 3.75. The average molecular weight is 294 g/mol. The highest BCUT2D eigenvalue weighted by Gasteiger charge is 2.48. The average Bonchev–Trinajstić information content (AvgIpc) is 2.92. The quantitative estimate of drug-likeness (QED) is 0.772. The van der Waals surface area contributed by atoms with Crippen molar-refractivity contribution in [3.63, 3.8) is 0 Å². The lowest BCUT2D eigenvalue weighted by atomic mass is 9.85.